The van der Waals surface area contributed by atoms with Crippen LogP contribution in [-0.2, 0) is 17.6 Å². The zero-order chi connectivity index (χ0) is 20.1. The molecule has 7 heteroatoms. The van der Waals surface area contributed by atoms with Gasteiger partial charge in [-0.2, -0.15) is 0 Å². The monoisotopic (exact) mass is 424 g/mol. The molecule has 0 unspecified atom stereocenters. The maximum absolute atomic E-state index is 5.60. The van der Waals surface area contributed by atoms with Crippen molar-refractivity contribution in [1.82, 2.24) is 9.97 Å². The van der Waals surface area contributed by atoms with Crippen LogP contribution < -0.4 is 14.8 Å². The van der Waals surface area contributed by atoms with Gasteiger partial charge >= 0.3 is 0 Å². The highest BCUT2D eigenvalue weighted by atomic mass is 32.1. The number of nitrogens with zero attached hydrogens (tertiary/aromatic N) is 4. The number of pyridine rings is 1. The highest BCUT2D eigenvalue weighted by Crippen LogP contribution is 2.43. The van der Waals surface area contributed by atoms with E-state index in [1.807, 2.05) is 17.7 Å². The number of aromatic nitrogens is 3. The Bertz CT molecular complexity index is 1080. The van der Waals surface area contributed by atoms with Crippen molar-refractivity contribution in [2.24, 2.45) is 5.92 Å². The summed E-state index contributed by atoms with van der Waals surface area (Å²) in [6.07, 6.45) is 9.23. The molecule has 30 heavy (non-hydrogen) atoms. The summed E-state index contributed by atoms with van der Waals surface area (Å²) < 4.78 is 6.88. The number of hydrogen-bond acceptors (Lipinski definition) is 6. The van der Waals surface area contributed by atoms with Gasteiger partial charge in [-0.05, 0) is 55.6 Å². The van der Waals surface area contributed by atoms with Gasteiger partial charge in [0, 0.05) is 13.1 Å². The predicted octanol–water partition coefficient (Wildman–Crippen LogP) is 3.61. The van der Waals surface area contributed by atoms with Crippen LogP contribution in [0, 0.1) is 5.92 Å². The summed E-state index contributed by atoms with van der Waals surface area (Å²) >= 11 is 1.83. The number of ether oxygens (including phenoxy) is 1. The third kappa shape index (κ3) is 3.05. The van der Waals surface area contributed by atoms with Gasteiger partial charge < -0.3 is 9.64 Å². The van der Waals surface area contributed by atoms with Crippen molar-refractivity contribution >= 4 is 43.4 Å². The average Bonchev–Trinajstić information content (AvgIpc) is 3.19. The Labute approximate surface area is 181 Å². The van der Waals surface area contributed by atoms with Crippen LogP contribution in [0.5, 0.6) is 0 Å². The topological polar surface area (TPSA) is 55.6 Å². The van der Waals surface area contributed by atoms with E-state index in [0.717, 1.165) is 68.5 Å². The van der Waals surface area contributed by atoms with E-state index in [2.05, 4.69) is 21.7 Å². The number of rotatable bonds is 2. The molecule has 1 N–H and O–H groups in total. The number of thiophene rings is 1. The molecule has 158 valence electrons. The Kier molecular flexibility index (Phi) is 4.76. The quantitative estimate of drug-likeness (QED) is 0.629. The highest BCUT2D eigenvalue weighted by molar-refractivity contribution is 7.26. The number of hydrogen-bond donors (Lipinski definition) is 0. The molecular weight excluding hydrogens is 394 g/mol. The van der Waals surface area contributed by atoms with Crippen LogP contribution >= 0.6 is 11.3 Å². The van der Waals surface area contributed by atoms with Gasteiger partial charge in [0.2, 0.25) is 12.1 Å². The fourth-order valence-electron chi connectivity index (χ4n) is 5.36. The van der Waals surface area contributed by atoms with E-state index in [9.17, 15) is 0 Å². The van der Waals surface area contributed by atoms with Crippen molar-refractivity contribution in [3.63, 3.8) is 0 Å². The summed E-state index contributed by atoms with van der Waals surface area (Å²) in [6, 6.07) is 0. The molecule has 6 rings (SSSR count). The summed E-state index contributed by atoms with van der Waals surface area (Å²) in [5.41, 5.74) is 4.13. The number of fused-ring (bicyclic) bond motifs is 5. The Hall–Kier alpha value is -1.99. The van der Waals surface area contributed by atoms with Crippen molar-refractivity contribution < 1.29 is 9.72 Å². The molecular formula is C23H30N5OS+. The Morgan fingerprint density at radius 3 is 2.60 bits per heavy atom. The van der Waals surface area contributed by atoms with Crippen LogP contribution in [0.4, 0.5) is 11.6 Å². The largest absolute Gasteiger partial charge is 0.378 e. The van der Waals surface area contributed by atoms with E-state index in [0.29, 0.717) is 0 Å². The summed E-state index contributed by atoms with van der Waals surface area (Å²) in [4.78, 5) is 19.7. The minimum absolute atomic E-state index is 0.801. The van der Waals surface area contributed by atoms with Crippen molar-refractivity contribution in [2.45, 2.75) is 45.4 Å². The second-order valence-corrected chi connectivity index (χ2v) is 10.1. The lowest BCUT2D eigenvalue weighted by Gasteiger charge is -2.31. The van der Waals surface area contributed by atoms with Crippen LogP contribution in [0.2, 0.25) is 0 Å². The standard InChI is InChI=1S/C23H29N5OS/c1-15-6-8-27(9-7-15)22-20-19(24-14-25-22)18-16-4-2-3-5-17(16)21(26-23(18)30-20)28-10-12-29-13-11-28/h14-15H,2-13H2,1H3/p+1. The molecule has 0 radical (unpaired) electrons. The molecule has 0 spiro atoms. The van der Waals surface area contributed by atoms with E-state index < -0.39 is 0 Å². The normalized spacial score (nSPS) is 20.8. The molecule has 2 aliphatic heterocycles. The lowest BCUT2D eigenvalue weighted by Crippen LogP contribution is -2.37. The molecule has 0 amide bonds. The molecule has 2 saturated heterocycles. The van der Waals surface area contributed by atoms with E-state index in [-0.39, 0.29) is 0 Å². The first-order chi connectivity index (χ1) is 14.8. The lowest BCUT2D eigenvalue weighted by molar-refractivity contribution is -0.366. The first kappa shape index (κ1) is 18.8. The maximum atomic E-state index is 5.60. The SMILES string of the molecule is CC1CCN(c2[nH+]cnc3c2sc2nc(N4CCOCC4)c4c(c23)CCCC4)CC1. The van der Waals surface area contributed by atoms with Crippen LogP contribution in [0.3, 0.4) is 0 Å². The number of aryl methyl sites for hydroxylation is 1. The second kappa shape index (κ2) is 7.61. The van der Waals surface area contributed by atoms with Crippen LogP contribution in [0.25, 0.3) is 20.4 Å². The maximum Gasteiger partial charge on any atom is 0.242 e. The van der Waals surface area contributed by atoms with Crippen LogP contribution in [0.15, 0.2) is 6.33 Å². The van der Waals surface area contributed by atoms with Gasteiger partial charge in [-0.25, -0.2) is 9.97 Å². The Morgan fingerprint density at radius 1 is 1.03 bits per heavy atom. The van der Waals surface area contributed by atoms with Crippen LogP contribution in [-0.4, -0.2) is 49.4 Å². The average molecular weight is 425 g/mol. The van der Waals surface area contributed by atoms with Crippen molar-refractivity contribution in [2.75, 3.05) is 49.2 Å². The molecule has 3 aromatic rings. The van der Waals surface area contributed by atoms with Crippen molar-refractivity contribution in [1.29, 1.82) is 0 Å². The number of aromatic amines is 1. The molecule has 0 bridgehead atoms. The number of piperidine rings is 1. The summed E-state index contributed by atoms with van der Waals surface area (Å²) in [5.74, 6) is 3.28. The van der Waals surface area contributed by atoms with Crippen molar-refractivity contribution in [3.05, 3.63) is 17.5 Å². The zero-order valence-electron chi connectivity index (χ0n) is 17.7. The highest BCUT2D eigenvalue weighted by Gasteiger charge is 2.30. The Morgan fingerprint density at radius 2 is 1.80 bits per heavy atom. The third-order valence-electron chi connectivity index (χ3n) is 7.13. The van der Waals surface area contributed by atoms with Gasteiger partial charge in [0.05, 0.1) is 31.7 Å². The van der Waals surface area contributed by atoms with E-state index in [4.69, 9.17) is 14.7 Å². The summed E-state index contributed by atoms with van der Waals surface area (Å²) in [7, 11) is 0. The summed E-state index contributed by atoms with van der Waals surface area (Å²) in [6.45, 7) is 8.10. The fourth-order valence-corrected chi connectivity index (χ4v) is 6.55. The number of H-pyrrole nitrogens is 1. The first-order valence-corrected chi connectivity index (χ1v) is 12.3. The zero-order valence-corrected chi connectivity index (χ0v) is 18.6. The lowest BCUT2D eigenvalue weighted by atomic mass is 9.90. The van der Waals surface area contributed by atoms with Gasteiger partial charge in [0.15, 0.2) is 5.52 Å². The van der Waals surface area contributed by atoms with E-state index in [1.165, 1.54) is 58.5 Å². The Balaban J connectivity index is 1.53. The molecule has 6 nitrogen and oxygen atoms in total. The van der Waals surface area contributed by atoms with Gasteiger partial charge in [-0.1, -0.05) is 6.92 Å². The molecule has 0 saturated carbocycles. The second-order valence-electron chi connectivity index (χ2n) is 9.08. The van der Waals surface area contributed by atoms with E-state index in [1.54, 1.807) is 0 Å². The van der Waals surface area contributed by atoms with Crippen LogP contribution in [0.1, 0.15) is 43.7 Å². The van der Waals surface area contributed by atoms with Gasteiger partial charge in [0.25, 0.3) is 0 Å². The smallest absolute Gasteiger partial charge is 0.242 e. The molecule has 0 atom stereocenters. The minimum atomic E-state index is 0.801. The molecule has 3 aliphatic rings. The van der Waals surface area contributed by atoms with Gasteiger partial charge in [0.1, 0.15) is 15.3 Å². The third-order valence-corrected chi connectivity index (χ3v) is 8.21. The van der Waals surface area contributed by atoms with Crippen molar-refractivity contribution in [3.8, 4) is 0 Å². The number of anilines is 2. The minimum Gasteiger partial charge on any atom is -0.378 e. The molecule has 1 aliphatic carbocycles. The molecule has 0 aromatic carbocycles. The predicted molar refractivity (Wildman–Crippen MR) is 122 cm³/mol. The first-order valence-electron chi connectivity index (χ1n) is 11.5. The molecule has 5 heterocycles. The molecule has 3 aromatic heterocycles. The summed E-state index contributed by atoms with van der Waals surface area (Å²) in [5, 5.41) is 1.32. The number of nitrogens with one attached hydrogen (secondary N) is 1. The molecule has 2 fully saturated rings. The number of morpholine rings is 1. The van der Waals surface area contributed by atoms with E-state index >= 15 is 0 Å². The fraction of sp³-hybridized carbons (Fsp3) is 0.609. The van der Waals surface area contributed by atoms with Gasteiger partial charge in [-0.15, -0.1) is 16.3 Å². The van der Waals surface area contributed by atoms with Gasteiger partial charge in [-0.3, -0.25) is 4.90 Å².